The van der Waals surface area contributed by atoms with Gasteiger partial charge in [-0.05, 0) is 42.5 Å². The van der Waals surface area contributed by atoms with E-state index in [0.717, 1.165) is 23.8 Å². The van der Waals surface area contributed by atoms with Gasteiger partial charge < -0.3 is 10.3 Å². The molecule has 2 aromatic carbocycles. The molecule has 0 aliphatic heterocycles. The minimum atomic E-state index is -4.68. The van der Waals surface area contributed by atoms with Crippen LogP contribution in [-0.4, -0.2) is 30.8 Å². The Morgan fingerprint density at radius 1 is 1.10 bits per heavy atom. The molecule has 3 N–H and O–H groups in total. The van der Waals surface area contributed by atoms with Crippen LogP contribution in [0.2, 0.25) is 0 Å². The van der Waals surface area contributed by atoms with Crippen LogP contribution in [0.4, 0.5) is 18.9 Å². The molecule has 0 radical (unpaired) electrons. The van der Waals surface area contributed by atoms with Crippen LogP contribution < -0.4 is 10.0 Å². The second kappa shape index (κ2) is 8.05. The van der Waals surface area contributed by atoms with Crippen molar-refractivity contribution >= 4 is 21.6 Å². The van der Waals surface area contributed by atoms with E-state index in [1.807, 2.05) is 4.72 Å². The normalized spacial score (nSPS) is 12.0. The lowest BCUT2D eigenvalue weighted by Gasteiger charge is -2.11. The van der Waals surface area contributed by atoms with Gasteiger partial charge in [0, 0.05) is 23.6 Å². The number of alkyl halides is 3. The average Bonchev–Trinajstić information content (AvgIpc) is 3.21. The van der Waals surface area contributed by atoms with E-state index in [2.05, 4.69) is 15.3 Å². The lowest BCUT2D eigenvalue weighted by Crippen LogP contribution is -2.33. The van der Waals surface area contributed by atoms with Gasteiger partial charge in [0.2, 0.25) is 15.9 Å². The molecule has 0 spiro atoms. The fourth-order valence-electron chi connectivity index (χ4n) is 2.42. The number of amides is 1. The number of aromatic amines is 1. The predicted molar refractivity (Wildman–Crippen MR) is 99.3 cm³/mol. The lowest BCUT2D eigenvalue weighted by molar-refractivity contribution is -0.137. The Morgan fingerprint density at radius 3 is 2.45 bits per heavy atom. The highest BCUT2D eigenvalue weighted by atomic mass is 32.2. The van der Waals surface area contributed by atoms with Gasteiger partial charge in [-0.25, -0.2) is 18.1 Å². The Bertz CT molecular complexity index is 1100. The van der Waals surface area contributed by atoms with Crippen molar-refractivity contribution < 1.29 is 26.4 Å². The fraction of sp³-hybridized carbons (Fsp3) is 0.111. The summed E-state index contributed by atoms with van der Waals surface area (Å²) >= 11 is 0. The summed E-state index contributed by atoms with van der Waals surface area (Å²) < 4.78 is 64.6. The van der Waals surface area contributed by atoms with Crippen molar-refractivity contribution in [3.63, 3.8) is 0 Å². The molecule has 0 fully saturated rings. The summed E-state index contributed by atoms with van der Waals surface area (Å²) in [4.78, 5) is 18.4. The molecule has 7 nitrogen and oxygen atoms in total. The third kappa shape index (κ3) is 5.21. The first-order valence-electron chi connectivity index (χ1n) is 8.22. The predicted octanol–water partition coefficient (Wildman–Crippen LogP) is 3.01. The van der Waals surface area contributed by atoms with Crippen LogP contribution in [0.3, 0.4) is 0 Å². The van der Waals surface area contributed by atoms with Gasteiger partial charge in [-0.3, -0.25) is 4.79 Å². The Labute approximate surface area is 164 Å². The molecular weight excluding hydrogens is 409 g/mol. The van der Waals surface area contributed by atoms with Gasteiger partial charge in [0.25, 0.3) is 0 Å². The third-order valence-corrected chi connectivity index (χ3v) is 5.23. The van der Waals surface area contributed by atoms with Crippen molar-refractivity contribution in [2.24, 2.45) is 0 Å². The Balaban J connectivity index is 1.61. The summed E-state index contributed by atoms with van der Waals surface area (Å²) in [5.41, 5.74) is 0.114. The van der Waals surface area contributed by atoms with E-state index >= 15 is 0 Å². The van der Waals surface area contributed by atoms with Crippen molar-refractivity contribution in [3.8, 4) is 11.4 Å². The Hall–Kier alpha value is -3.18. The van der Waals surface area contributed by atoms with E-state index < -0.39 is 39.1 Å². The lowest BCUT2D eigenvalue weighted by atomic mass is 10.2. The van der Waals surface area contributed by atoms with E-state index in [9.17, 15) is 26.4 Å². The molecule has 0 atom stereocenters. The smallest absolute Gasteiger partial charge is 0.345 e. The first-order chi connectivity index (χ1) is 13.6. The molecule has 1 amide bonds. The number of carbonyl (C=O) groups excluding carboxylic acids is 1. The Kier molecular flexibility index (Phi) is 5.71. The minimum Gasteiger partial charge on any atom is -0.345 e. The number of rotatable bonds is 6. The number of anilines is 1. The largest absolute Gasteiger partial charge is 0.416 e. The van der Waals surface area contributed by atoms with Gasteiger partial charge in [-0.2, -0.15) is 13.2 Å². The zero-order valence-corrected chi connectivity index (χ0v) is 15.5. The maximum atomic E-state index is 12.7. The summed E-state index contributed by atoms with van der Waals surface area (Å²) in [5.74, 6) is -0.0250. The summed E-state index contributed by atoms with van der Waals surface area (Å²) in [7, 11) is -4.29. The number of nitrogens with one attached hydrogen (secondary N) is 3. The summed E-state index contributed by atoms with van der Waals surface area (Å²) in [5, 5.41) is 2.50. The number of imidazole rings is 1. The molecule has 0 bridgehead atoms. The quantitative estimate of drug-likeness (QED) is 0.566. The highest BCUT2D eigenvalue weighted by Gasteiger charge is 2.31. The van der Waals surface area contributed by atoms with Gasteiger partial charge in [-0.1, -0.05) is 6.07 Å². The number of halogens is 3. The van der Waals surface area contributed by atoms with Crippen LogP contribution >= 0.6 is 0 Å². The van der Waals surface area contributed by atoms with Crippen molar-refractivity contribution in [2.75, 3.05) is 11.9 Å². The second-order valence-electron chi connectivity index (χ2n) is 5.91. The molecule has 1 heterocycles. The first kappa shape index (κ1) is 20.6. The number of aromatic nitrogens is 2. The van der Waals surface area contributed by atoms with E-state index in [1.165, 1.54) is 0 Å². The van der Waals surface area contributed by atoms with E-state index in [-0.39, 0.29) is 0 Å². The van der Waals surface area contributed by atoms with Crippen molar-refractivity contribution in [3.05, 3.63) is 66.5 Å². The number of H-pyrrole nitrogens is 1. The molecular formula is C18H15F3N4O3S. The molecule has 0 unspecified atom stereocenters. The van der Waals surface area contributed by atoms with E-state index in [0.29, 0.717) is 17.6 Å². The van der Waals surface area contributed by atoms with Gasteiger partial charge >= 0.3 is 6.18 Å². The van der Waals surface area contributed by atoms with Crippen LogP contribution in [0.25, 0.3) is 11.4 Å². The first-order valence-corrected chi connectivity index (χ1v) is 9.70. The monoisotopic (exact) mass is 424 g/mol. The van der Waals surface area contributed by atoms with Crippen LogP contribution in [0.15, 0.2) is 65.8 Å². The highest BCUT2D eigenvalue weighted by Crippen LogP contribution is 2.30. The van der Waals surface area contributed by atoms with Gasteiger partial charge in [0.15, 0.2) is 0 Å². The zero-order chi connectivity index (χ0) is 21.1. The van der Waals surface area contributed by atoms with Crippen LogP contribution in [0.1, 0.15) is 5.56 Å². The van der Waals surface area contributed by atoms with Crippen molar-refractivity contribution in [1.29, 1.82) is 0 Å². The van der Waals surface area contributed by atoms with Crippen molar-refractivity contribution in [1.82, 2.24) is 14.7 Å². The highest BCUT2D eigenvalue weighted by molar-refractivity contribution is 7.89. The molecule has 0 aliphatic carbocycles. The number of hydrogen-bond acceptors (Lipinski definition) is 4. The summed E-state index contributed by atoms with van der Waals surface area (Å²) in [6.07, 6.45) is -1.41. The Morgan fingerprint density at radius 2 is 1.83 bits per heavy atom. The van der Waals surface area contributed by atoms with Crippen molar-refractivity contribution in [2.45, 2.75) is 11.1 Å². The zero-order valence-electron chi connectivity index (χ0n) is 14.7. The molecule has 0 aliphatic rings. The number of benzene rings is 2. The second-order valence-corrected chi connectivity index (χ2v) is 7.68. The summed E-state index contributed by atoms with van der Waals surface area (Å²) in [6.45, 7) is -0.640. The van der Waals surface area contributed by atoms with Gasteiger partial charge in [0.1, 0.15) is 5.82 Å². The average molecular weight is 424 g/mol. The maximum Gasteiger partial charge on any atom is 0.416 e. The van der Waals surface area contributed by atoms with Crippen LogP contribution in [-0.2, 0) is 21.0 Å². The van der Waals surface area contributed by atoms with E-state index in [1.54, 1.807) is 36.7 Å². The molecule has 1 aromatic heterocycles. The van der Waals surface area contributed by atoms with Crippen LogP contribution in [0.5, 0.6) is 0 Å². The summed E-state index contributed by atoms with van der Waals surface area (Å²) in [6, 6.07) is 9.91. The fourth-order valence-corrected chi connectivity index (χ4v) is 3.45. The molecule has 29 heavy (non-hydrogen) atoms. The number of hydrogen-bond donors (Lipinski definition) is 3. The number of carbonyl (C=O) groups is 1. The molecule has 0 saturated heterocycles. The molecule has 152 valence electrons. The van der Waals surface area contributed by atoms with E-state index in [4.69, 9.17) is 0 Å². The molecule has 0 saturated carbocycles. The van der Waals surface area contributed by atoms with Gasteiger partial charge in [0.05, 0.1) is 17.0 Å². The van der Waals surface area contributed by atoms with Crippen LogP contribution in [0, 0.1) is 0 Å². The maximum absolute atomic E-state index is 12.7. The SMILES string of the molecule is O=C(CNS(=O)(=O)c1cccc(C(F)(F)F)c1)Nc1ccc(-c2ncc[nH]2)cc1. The topological polar surface area (TPSA) is 104 Å². The molecule has 3 rings (SSSR count). The molecule has 11 heteroatoms. The standard InChI is InChI=1S/C18H15F3N4O3S/c19-18(20,21)13-2-1-3-15(10-13)29(27,28)24-11-16(26)25-14-6-4-12(5-7-14)17-22-8-9-23-17/h1-10,24H,11H2,(H,22,23)(H,25,26). The molecule has 3 aromatic rings. The third-order valence-electron chi connectivity index (χ3n) is 3.83. The number of nitrogens with zero attached hydrogens (tertiary/aromatic N) is 1. The number of sulfonamides is 1. The van der Waals surface area contributed by atoms with Gasteiger partial charge in [-0.15, -0.1) is 0 Å². The minimum absolute atomic E-state index is 0.420.